The lowest BCUT2D eigenvalue weighted by atomic mass is 10.2. The first kappa shape index (κ1) is 17.5. The fraction of sp³-hybridized carbons (Fsp3) is 0.467. The Morgan fingerprint density at radius 1 is 0.571 bits per heavy atom. The standard InChI is InChI=1S/C15H14O12Si/c1-2-7-3-5-8(6-4-7)28-25-13-19-10-16-9-17-11(21-13)23-15(27-28)24-12(18-9)22-14(20-10)26-28/h2-6,9-15H,1H2. The van der Waals surface area contributed by atoms with Gasteiger partial charge in [0, 0.05) is 5.19 Å². The van der Waals surface area contributed by atoms with Gasteiger partial charge >= 0.3 is 8.80 Å². The van der Waals surface area contributed by atoms with E-state index in [1.165, 1.54) is 0 Å². The van der Waals surface area contributed by atoms with Gasteiger partial charge in [0.1, 0.15) is 0 Å². The van der Waals surface area contributed by atoms with Gasteiger partial charge in [0.15, 0.2) is 0 Å². The zero-order valence-electron chi connectivity index (χ0n) is 14.0. The molecule has 0 aromatic heterocycles. The second-order valence-corrected chi connectivity index (χ2v) is 8.38. The van der Waals surface area contributed by atoms with Crippen LogP contribution in [0.3, 0.4) is 0 Å². The van der Waals surface area contributed by atoms with Gasteiger partial charge in [-0.2, -0.15) is 0 Å². The van der Waals surface area contributed by atoms with Crippen molar-refractivity contribution in [3.8, 4) is 0 Å². The van der Waals surface area contributed by atoms with E-state index < -0.39 is 54.1 Å². The molecule has 8 bridgehead atoms. The van der Waals surface area contributed by atoms with Gasteiger partial charge in [0.2, 0.25) is 0 Å². The first-order chi connectivity index (χ1) is 13.7. The van der Waals surface area contributed by atoms with Crippen LogP contribution >= 0.6 is 0 Å². The summed E-state index contributed by atoms with van der Waals surface area (Å²) in [5.41, 5.74) is 0.889. The zero-order chi connectivity index (χ0) is 18.7. The molecule has 1 aromatic rings. The van der Waals surface area contributed by atoms with Crippen molar-refractivity contribution < 1.29 is 55.9 Å². The van der Waals surface area contributed by atoms with Crippen LogP contribution in [0.15, 0.2) is 30.8 Å². The fourth-order valence-corrected chi connectivity index (χ4v) is 5.20. The topological polar surface area (TPSA) is 111 Å². The minimum atomic E-state index is -3.82. The summed E-state index contributed by atoms with van der Waals surface area (Å²) in [6, 6.07) is 7.13. The largest absolute Gasteiger partial charge is 0.548 e. The highest BCUT2D eigenvalue weighted by Gasteiger charge is 2.59. The normalized spacial score (nSPS) is 46.9. The first-order valence-corrected chi connectivity index (χ1v) is 10.1. The summed E-state index contributed by atoms with van der Waals surface area (Å²) in [6.07, 6.45) is 1.70. The van der Waals surface area contributed by atoms with E-state index in [0.29, 0.717) is 5.19 Å². The SMILES string of the molecule is C=Cc1ccc([Si]23OC4OC5OC6OC(O4)OC(OC(O6)OC(O5)O2)O3)cc1. The Bertz CT molecular complexity index is 682. The predicted molar refractivity (Wildman–Crippen MR) is 81.5 cm³/mol. The molecule has 1 aromatic carbocycles. The van der Waals surface area contributed by atoms with Gasteiger partial charge in [-0.15, -0.1) is 0 Å². The van der Waals surface area contributed by atoms with Gasteiger partial charge in [-0.05, 0) is 5.56 Å². The Kier molecular flexibility index (Phi) is 4.14. The van der Waals surface area contributed by atoms with Crippen LogP contribution in [0.25, 0.3) is 6.08 Å². The summed E-state index contributed by atoms with van der Waals surface area (Å²) in [5, 5.41) is 0.551. The van der Waals surface area contributed by atoms with Crippen LogP contribution in [0.2, 0.25) is 0 Å². The van der Waals surface area contributed by atoms with E-state index in [0.717, 1.165) is 5.56 Å². The third-order valence-electron chi connectivity index (χ3n) is 4.25. The Balaban J connectivity index is 1.46. The summed E-state index contributed by atoms with van der Waals surface area (Å²) < 4.78 is 67.6. The molecule has 0 unspecified atom stereocenters. The average Bonchev–Trinajstić information content (AvgIpc) is 2.57. The summed E-state index contributed by atoms with van der Waals surface area (Å²) in [5.74, 6) is 0. The molecule has 12 nitrogen and oxygen atoms in total. The molecule has 0 N–H and O–H groups in total. The van der Waals surface area contributed by atoms with E-state index in [9.17, 15) is 0 Å². The van der Waals surface area contributed by atoms with Crippen LogP contribution < -0.4 is 5.19 Å². The molecule has 28 heavy (non-hydrogen) atoms. The minimum Gasteiger partial charge on any atom is -0.319 e. The summed E-state index contributed by atoms with van der Waals surface area (Å²) in [4.78, 5) is 0. The van der Waals surface area contributed by atoms with Crippen molar-refractivity contribution in [2.24, 2.45) is 0 Å². The van der Waals surface area contributed by atoms with Gasteiger partial charge in [0.25, 0.3) is 45.3 Å². The maximum atomic E-state index is 6.01. The molecule has 6 heterocycles. The molecule has 150 valence electrons. The maximum absolute atomic E-state index is 6.01. The molecule has 13 heteroatoms. The van der Waals surface area contributed by atoms with Crippen molar-refractivity contribution in [3.05, 3.63) is 36.4 Å². The van der Waals surface area contributed by atoms with Gasteiger partial charge in [-0.3, -0.25) is 42.6 Å². The highest BCUT2D eigenvalue weighted by Crippen LogP contribution is 2.36. The Morgan fingerprint density at radius 2 is 0.929 bits per heavy atom. The third kappa shape index (κ3) is 3.03. The lowest BCUT2D eigenvalue weighted by Gasteiger charge is -2.49. The van der Waals surface area contributed by atoms with Crippen LogP contribution in [0, 0.1) is 0 Å². The lowest BCUT2D eigenvalue weighted by Crippen LogP contribution is -2.69. The van der Waals surface area contributed by atoms with E-state index in [1.54, 1.807) is 18.2 Å². The molecule has 6 fully saturated rings. The second-order valence-electron chi connectivity index (χ2n) is 5.98. The molecular formula is C15H14O12Si. The Labute approximate surface area is 158 Å². The Morgan fingerprint density at radius 3 is 1.29 bits per heavy atom. The molecule has 6 saturated heterocycles. The van der Waals surface area contributed by atoms with Crippen LogP contribution in [-0.2, 0) is 55.9 Å². The molecule has 0 aliphatic carbocycles. The van der Waals surface area contributed by atoms with E-state index in [-0.39, 0.29) is 0 Å². The number of rotatable bonds is 2. The van der Waals surface area contributed by atoms with Crippen molar-refractivity contribution >= 4 is 20.1 Å². The highest BCUT2D eigenvalue weighted by molar-refractivity contribution is 6.75. The number of ether oxygens (including phenoxy) is 9. The lowest BCUT2D eigenvalue weighted by molar-refractivity contribution is -0.628. The quantitative estimate of drug-likeness (QED) is 0.594. The summed E-state index contributed by atoms with van der Waals surface area (Å²) in [7, 11) is -3.82. The highest BCUT2D eigenvalue weighted by atomic mass is 28.4. The van der Waals surface area contributed by atoms with Crippen LogP contribution in [0.1, 0.15) is 5.56 Å². The molecule has 7 rings (SSSR count). The molecule has 6 aliphatic rings. The predicted octanol–water partition coefficient (Wildman–Crippen LogP) is -0.272. The van der Waals surface area contributed by atoms with Crippen molar-refractivity contribution in [2.75, 3.05) is 0 Å². The van der Waals surface area contributed by atoms with E-state index in [2.05, 4.69) is 6.58 Å². The van der Waals surface area contributed by atoms with Gasteiger partial charge in [-0.25, -0.2) is 0 Å². The van der Waals surface area contributed by atoms with Gasteiger partial charge in [-0.1, -0.05) is 36.9 Å². The van der Waals surface area contributed by atoms with Crippen LogP contribution in [0.5, 0.6) is 0 Å². The summed E-state index contributed by atoms with van der Waals surface area (Å²) in [6.45, 7) is -5.70. The maximum Gasteiger partial charge on any atom is 0.548 e. The number of hydrogen-bond acceptors (Lipinski definition) is 12. The van der Waals surface area contributed by atoms with E-state index in [4.69, 9.17) is 55.9 Å². The van der Waals surface area contributed by atoms with Crippen molar-refractivity contribution in [3.63, 3.8) is 0 Å². The van der Waals surface area contributed by atoms with E-state index in [1.807, 2.05) is 12.1 Å². The van der Waals surface area contributed by atoms with Gasteiger partial charge in [0.05, 0.1) is 0 Å². The molecule has 0 radical (unpaired) electrons. The van der Waals surface area contributed by atoms with Gasteiger partial charge < -0.3 is 13.3 Å². The molecule has 0 saturated carbocycles. The minimum absolute atomic E-state index is 0.551. The van der Waals surface area contributed by atoms with Crippen LogP contribution in [0.4, 0.5) is 0 Å². The summed E-state index contributed by atoms with van der Waals surface area (Å²) >= 11 is 0. The van der Waals surface area contributed by atoms with Crippen molar-refractivity contribution in [1.29, 1.82) is 0 Å². The fourth-order valence-electron chi connectivity index (χ4n) is 2.96. The monoisotopic (exact) mass is 414 g/mol. The van der Waals surface area contributed by atoms with Crippen LogP contribution in [-0.4, -0.2) is 54.1 Å². The molecule has 6 aliphatic heterocycles. The third-order valence-corrected chi connectivity index (χ3v) is 6.80. The zero-order valence-corrected chi connectivity index (χ0v) is 15.0. The second kappa shape index (κ2) is 6.61. The van der Waals surface area contributed by atoms with Crippen molar-refractivity contribution in [1.82, 2.24) is 0 Å². The average molecular weight is 414 g/mol. The van der Waals surface area contributed by atoms with E-state index >= 15 is 0 Å². The van der Waals surface area contributed by atoms with Crippen molar-refractivity contribution in [2.45, 2.75) is 45.3 Å². The smallest absolute Gasteiger partial charge is 0.319 e. The molecule has 0 atom stereocenters. The number of benzene rings is 1. The first-order valence-electron chi connectivity index (χ1n) is 8.33. The molecule has 0 spiro atoms. The molecule has 0 amide bonds. The molecular weight excluding hydrogens is 400 g/mol. The number of hydrogen-bond donors (Lipinski definition) is 0. The Hall–Kier alpha value is -1.30.